The van der Waals surface area contributed by atoms with Crippen molar-refractivity contribution >= 4 is 12.1 Å². The number of carboxylic acids is 1. The molecule has 1 rings (SSSR count). The van der Waals surface area contributed by atoms with Crippen molar-refractivity contribution in [3.63, 3.8) is 0 Å². The minimum absolute atomic E-state index is 0.563. The van der Waals surface area contributed by atoms with Crippen LogP contribution in [0.3, 0.4) is 0 Å². The largest absolute Gasteiger partial charge is 0.481 e. The molecule has 1 aliphatic carbocycles. The van der Waals surface area contributed by atoms with Crippen LogP contribution in [0.5, 0.6) is 0 Å². The van der Waals surface area contributed by atoms with Crippen molar-refractivity contribution in [2.75, 3.05) is 0 Å². The van der Waals surface area contributed by atoms with Gasteiger partial charge in [0.1, 0.15) is 5.60 Å². The summed E-state index contributed by atoms with van der Waals surface area (Å²) in [4.78, 5) is 22.8. The highest BCUT2D eigenvalue weighted by Crippen LogP contribution is 2.49. The lowest BCUT2D eigenvalue weighted by atomic mass is 9.56. The van der Waals surface area contributed by atoms with Crippen molar-refractivity contribution in [3.05, 3.63) is 0 Å². The monoisotopic (exact) mass is 243 g/mol. The number of carbonyl (C=O) groups is 2. The Morgan fingerprint density at radius 2 is 1.76 bits per heavy atom. The zero-order valence-corrected chi connectivity index (χ0v) is 11.1. The van der Waals surface area contributed by atoms with E-state index in [0.29, 0.717) is 12.8 Å². The summed E-state index contributed by atoms with van der Waals surface area (Å²) in [6, 6.07) is 0. The molecule has 0 aliphatic heterocycles. The van der Waals surface area contributed by atoms with Crippen molar-refractivity contribution in [3.8, 4) is 0 Å². The van der Waals surface area contributed by atoms with Gasteiger partial charge >= 0.3 is 12.1 Å². The lowest BCUT2D eigenvalue weighted by Gasteiger charge is -2.53. The number of ether oxygens (including phenoxy) is 1. The van der Waals surface area contributed by atoms with Gasteiger partial charge in [0, 0.05) is 0 Å². The van der Waals surface area contributed by atoms with Crippen LogP contribution in [0.2, 0.25) is 0 Å². The van der Waals surface area contributed by atoms with Crippen LogP contribution >= 0.6 is 0 Å². The fourth-order valence-electron chi connectivity index (χ4n) is 1.95. The topological polar surface area (TPSA) is 75.6 Å². The van der Waals surface area contributed by atoms with Crippen molar-refractivity contribution in [2.45, 2.75) is 58.6 Å². The van der Waals surface area contributed by atoms with E-state index < -0.39 is 28.6 Å². The second-order valence-electron chi connectivity index (χ2n) is 6.10. The lowest BCUT2D eigenvalue weighted by Crippen LogP contribution is -2.67. The van der Waals surface area contributed by atoms with Crippen molar-refractivity contribution in [2.24, 2.45) is 5.41 Å². The molecule has 98 valence electrons. The van der Waals surface area contributed by atoms with E-state index in [-0.39, 0.29) is 0 Å². The molecule has 0 aromatic rings. The van der Waals surface area contributed by atoms with E-state index in [2.05, 4.69) is 5.32 Å². The summed E-state index contributed by atoms with van der Waals surface area (Å²) >= 11 is 0. The molecule has 5 heteroatoms. The van der Waals surface area contributed by atoms with Gasteiger partial charge in [0.15, 0.2) is 0 Å². The number of carbonyl (C=O) groups excluding carboxylic acids is 1. The Kier molecular flexibility index (Phi) is 3.16. The molecule has 1 aliphatic rings. The quantitative estimate of drug-likeness (QED) is 0.779. The summed E-state index contributed by atoms with van der Waals surface area (Å²) in [7, 11) is 0. The third-order valence-corrected chi connectivity index (χ3v) is 3.59. The van der Waals surface area contributed by atoms with Crippen LogP contribution in [0.15, 0.2) is 0 Å². The maximum absolute atomic E-state index is 11.7. The van der Waals surface area contributed by atoms with Crippen LogP contribution in [-0.4, -0.2) is 28.3 Å². The van der Waals surface area contributed by atoms with Gasteiger partial charge in [0.25, 0.3) is 0 Å². The van der Waals surface area contributed by atoms with Crippen LogP contribution in [0.25, 0.3) is 0 Å². The van der Waals surface area contributed by atoms with Crippen LogP contribution in [0, 0.1) is 5.41 Å². The van der Waals surface area contributed by atoms with E-state index >= 15 is 0 Å². The number of hydrogen-bond acceptors (Lipinski definition) is 3. The molecule has 0 heterocycles. The number of aliphatic carboxylic acids is 1. The highest BCUT2D eigenvalue weighted by atomic mass is 16.6. The highest BCUT2D eigenvalue weighted by Gasteiger charge is 2.59. The van der Waals surface area contributed by atoms with Gasteiger partial charge in [-0.05, 0) is 47.5 Å². The highest BCUT2D eigenvalue weighted by molar-refractivity contribution is 5.80. The first kappa shape index (κ1) is 13.8. The predicted octanol–water partition coefficient (Wildman–Crippen LogP) is 2.15. The van der Waals surface area contributed by atoms with E-state index in [1.165, 1.54) is 0 Å². The maximum atomic E-state index is 11.7. The molecule has 1 amide bonds. The van der Waals surface area contributed by atoms with Crippen molar-refractivity contribution in [1.29, 1.82) is 0 Å². The molecule has 0 spiro atoms. The number of alkyl carbamates (subject to hydrolysis) is 1. The maximum Gasteiger partial charge on any atom is 0.408 e. The fraction of sp³-hybridized carbons (Fsp3) is 0.833. The number of rotatable bonds is 2. The molecule has 0 aromatic heterocycles. The van der Waals surface area contributed by atoms with Crippen LogP contribution in [0.4, 0.5) is 4.79 Å². The minimum Gasteiger partial charge on any atom is -0.481 e. The summed E-state index contributed by atoms with van der Waals surface area (Å²) in [5.74, 6) is -0.887. The predicted molar refractivity (Wildman–Crippen MR) is 62.8 cm³/mol. The average molecular weight is 243 g/mol. The Bertz CT molecular complexity index is 347. The van der Waals surface area contributed by atoms with Gasteiger partial charge < -0.3 is 15.2 Å². The van der Waals surface area contributed by atoms with E-state index in [1.807, 2.05) is 0 Å². The molecular formula is C12H21NO4. The molecule has 1 fully saturated rings. The van der Waals surface area contributed by atoms with Gasteiger partial charge in [-0.1, -0.05) is 0 Å². The molecule has 5 nitrogen and oxygen atoms in total. The Hall–Kier alpha value is -1.26. The molecule has 0 unspecified atom stereocenters. The number of nitrogens with one attached hydrogen (secondary N) is 1. The second kappa shape index (κ2) is 3.89. The molecule has 0 saturated heterocycles. The van der Waals surface area contributed by atoms with Gasteiger partial charge in [-0.2, -0.15) is 0 Å². The third kappa shape index (κ3) is 2.53. The summed E-state index contributed by atoms with van der Waals surface area (Å²) in [6.45, 7) is 8.70. The van der Waals surface area contributed by atoms with Crippen LogP contribution < -0.4 is 5.32 Å². The van der Waals surface area contributed by atoms with Gasteiger partial charge in [-0.3, -0.25) is 4.79 Å². The first-order chi connectivity index (χ1) is 7.50. The van der Waals surface area contributed by atoms with Gasteiger partial charge in [-0.25, -0.2) is 4.79 Å². The van der Waals surface area contributed by atoms with Crippen molar-refractivity contribution < 1.29 is 19.4 Å². The third-order valence-electron chi connectivity index (χ3n) is 3.59. The van der Waals surface area contributed by atoms with E-state index in [4.69, 9.17) is 4.74 Å². The van der Waals surface area contributed by atoms with E-state index in [1.54, 1.807) is 34.6 Å². The minimum atomic E-state index is -0.913. The Morgan fingerprint density at radius 1 is 1.24 bits per heavy atom. The zero-order chi connectivity index (χ0) is 13.5. The molecule has 0 radical (unpaired) electrons. The number of carboxylic acid groups (broad SMARTS) is 1. The SMILES string of the molecule is CC(C)(C)OC(=O)N[C@@]1(C)CC[C@@]1(C)C(=O)O. The Labute approximate surface area is 102 Å². The van der Waals surface area contributed by atoms with Gasteiger partial charge in [0.05, 0.1) is 11.0 Å². The molecule has 0 bridgehead atoms. The van der Waals surface area contributed by atoms with Crippen LogP contribution in [0.1, 0.15) is 47.5 Å². The van der Waals surface area contributed by atoms with Gasteiger partial charge in [0.2, 0.25) is 0 Å². The second-order valence-corrected chi connectivity index (χ2v) is 6.10. The number of hydrogen-bond donors (Lipinski definition) is 2. The van der Waals surface area contributed by atoms with Gasteiger partial charge in [-0.15, -0.1) is 0 Å². The van der Waals surface area contributed by atoms with E-state index in [0.717, 1.165) is 0 Å². The lowest BCUT2D eigenvalue weighted by molar-refractivity contribution is -0.162. The van der Waals surface area contributed by atoms with E-state index in [9.17, 15) is 14.7 Å². The first-order valence-electron chi connectivity index (χ1n) is 5.75. The zero-order valence-electron chi connectivity index (χ0n) is 11.1. The molecule has 0 aromatic carbocycles. The average Bonchev–Trinajstić information content (AvgIpc) is 2.11. The number of amides is 1. The smallest absolute Gasteiger partial charge is 0.408 e. The molecular weight excluding hydrogens is 222 g/mol. The standard InChI is InChI=1S/C12H21NO4/c1-10(2,3)17-9(16)13-12(5)7-6-11(12,4)8(14)15/h6-7H2,1-5H3,(H,13,16)(H,14,15)/t11-,12-/m0/s1. The summed E-state index contributed by atoms with van der Waals surface area (Å²) in [5.41, 5.74) is -2.23. The first-order valence-corrected chi connectivity index (χ1v) is 5.75. The molecule has 17 heavy (non-hydrogen) atoms. The summed E-state index contributed by atoms with van der Waals surface area (Å²) in [6.07, 6.45) is 0.649. The molecule has 1 saturated carbocycles. The Balaban J connectivity index is 2.69. The van der Waals surface area contributed by atoms with Crippen LogP contribution in [-0.2, 0) is 9.53 Å². The fourth-order valence-corrected chi connectivity index (χ4v) is 1.95. The molecule has 2 N–H and O–H groups in total. The molecule has 2 atom stereocenters. The van der Waals surface area contributed by atoms with Crippen molar-refractivity contribution in [1.82, 2.24) is 5.32 Å². The summed E-state index contributed by atoms with van der Waals surface area (Å²) < 4.78 is 5.14. The summed E-state index contributed by atoms with van der Waals surface area (Å²) in [5, 5.41) is 11.9. The Morgan fingerprint density at radius 3 is 2.06 bits per heavy atom. The normalized spacial score (nSPS) is 32.5.